The largest absolute Gasteiger partial charge is 0.379 e. The quantitative estimate of drug-likeness (QED) is 0.812. The maximum atomic E-state index is 14.1. The molecule has 110 valence electrons. The molecule has 3 heteroatoms. The topological polar surface area (TPSA) is 12.0 Å². The molecule has 20 heavy (non-hydrogen) atoms. The van der Waals surface area contributed by atoms with E-state index in [9.17, 15) is 8.78 Å². The summed E-state index contributed by atoms with van der Waals surface area (Å²) < 4.78 is 27.8. The lowest BCUT2D eigenvalue weighted by Crippen LogP contribution is -2.46. The molecule has 1 aromatic carbocycles. The number of rotatable bonds is 2. The summed E-state index contributed by atoms with van der Waals surface area (Å²) in [6.07, 6.45) is 3.62. The van der Waals surface area contributed by atoms with Gasteiger partial charge in [-0.3, -0.25) is 0 Å². The van der Waals surface area contributed by atoms with Crippen molar-refractivity contribution < 1.29 is 8.78 Å². The molecule has 0 spiro atoms. The lowest BCUT2D eigenvalue weighted by molar-refractivity contribution is 0.155. The monoisotopic (exact) mass is 279 g/mol. The number of hydrogen-bond donors (Lipinski definition) is 1. The maximum absolute atomic E-state index is 14.1. The molecule has 1 N–H and O–H groups in total. The lowest BCUT2D eigenvalue weighted by atomic mass is 9.68. The molecule has 1 nitrogen and oxygen atoms in total. The second-order valence-corrected chi connectivity index (χ2v) is 7.57. The predicted molar refractivity (Wildman–Crippen MR) is 77.7 cm³/mol. The summed E-state index contributed by atoms with van der Waals surface area (Å²) in [4.78, 5) is 0. The van der Waals surface area contributed by atoms with Crippen molar-refractivity contribution in [1.29, 1.82) is 0 Å². The summed E-state index contributed by atoms with van der Waals surface area (Å²) in [7, 11) is 0. The fourth-order valence-corrected chi connectivity index (χ4v) is 4.57. The van der Waals surface area contributed by atoms with Gasteiger partial charge in [-0.15, -0.1) is 0 Å². The van der Waals surface area contributed by atoms with Crippen molar-refractivity contribution in [1.82, 2.24) is 0 Å². The highest BCUT2D eigenvalue weighted by molar-refractivity contribution is 5.49. The Morgan fingerprint density at radius 1 is 1.15 bits per heavy atom. The molecule has 3 rings (SSSR count). The molecule has 0 aromatic heterocycles. The first-order valence-electron chi connectivity index (χ1n) is 7.46. The fraction of sp³-hybridized carbons (Fsp3) is 0.647. The molecule has 2 aliphatic carbocycles. The first-order chi connectivity index (χ1) is 9.24. The van der Waals surface area contributed by atoms with Crippen molar-refractivity contribution in [2.75, 3.05) is 5.32 Å². The van der Waals surface area contributed by atoms with Gasteiger partial charge in [0, 0.05) is 12.1 Å². The molecule has 3 unspecified atom stereocenters. The van der Waals surface area contributed by atoms with E-state index >= 15 is 0 Å². The van der Waals surface area contributed by atoms with Crippen LogP contribution in [0.3, 0.4) is 0 Å². The molecule has 1 aromatic rings. The van der Waals surface area contributed by atoms with Crippen molar-refractivity contribution in [2.24, 2.45) is 16.7 Å². The Morgan fingerprint density at radius 2 is 1.85 bits per heavy atom. The highest BCUT2D eigenvalue weighted by Crippen LogP contribution is 2.63. The second-order valence-electron chi connectivity index (χ2n) is 7.57. The van der Waals surface area contributed by atoms with E-state index < -0.39 is 0 Å². The molecular formula is C17H23F2N. The van der Waals surface area contributed by atoms with Crippen LogP contribution in [0.5, 0.6) is 0 Å². The molecule has 2 bridgehead atoms. The zero-order valence-corrected chi connectivity index (χ0v) is 12.7. The van der Waals surface area contributed by atoms with E-state index in [4.69, 9.17) is 0 Å². The van der Waals surface area contributed by atoms with Crippen molar-refractivity contribution in [3.05, 3.63) is 29.3 Å². The smallest absolute Gasteiger partial charge is 0.146 e. The molecule has 0 amide bonds. The standard InChI is InChI=1S/C17H23F2N/c1-10-7-13(19)14(8-12(10)18)20-15-16(2,3)11-5-6-17(15,4)9-11/h7-8,11,15,20H,5-6,9H2,1-4H3. The van der Waals surface area contributed by atoms with Gasteiger partial charge in [-0.25, -0.2) is 8.78 Å². The van der Waals surface area contributed by atoms with E-state index in [1.54, 1.807) is 6.92 Å². The number of fused-ring (bicyclic) bond motifs is 2. The number of aryl methyl sites for hydroxylation is 1. The maximum Gasteiger partial charge on any atom is 0.146 e. The fourth-order valence-electron chi connectivity index (χ4n) is 4.57. The third-order valence-electron chi connectivity index (χ3n) is 5.82. The van der Waals surface area contributed by atoms with E-state index in [0.29, 0.717) is 17.2 Å². The normalized spacial score (nSPS) is 34.5. The van der Waals surface area contributed by atoms with Crippen LogP contribution < -0.4 is 5.32 Å². The summed E-state index contributed by atoms with van der Waals surface area (Å²) >= 11 is 0. The minimum absolute atomic E-state index is 0.126. The summed E-state index contributed by atoms with van der Waals surface area (Å²) in [5.74, 6) is -0.0190. The highest BCUT2D eigenvalue weighted by atomic mass is 19.1. The Hall–Kier alpha value is -1.12. The van der Waals surface area contributed by atoms with E-state index in [0.717, 1.165) is 0 Å². The average molecular weight is 279 g/mol. The minimum atomic E-state index is -0.355. The minimum Gasteiger partial charge on any atom is -0.379 e. The second kappa shape index (κ2) is 4.19. The summed E-state index contributed by atoms with van der Waals surface area (Å²) in [5, 5.41) is 3.32. The molecule has 2 fully saturated rings. The molecule has 2 saturated carbocycles. The number of anilines is 1. The molecule has 0 radical (unpaired) electrons. The molecule has 0 heterocycles. The van der Waals surface area contributed by atoms with Gasteiger partial charge >= 0.3 is 0 Å². The van der Waals surface area contributed by atoms with Gasteiger partial charge < -0.3 is 5.32 Å². The van der Waals surface area contributed by atoms with Crippen molar-refractivity contribution in [3.8, 4) is 0 Å². The van der Waals surface area contributed by atoms with Gasteiger partial charge in [-0.2, -0.15) is 0 Å². The first kappa shape index (κ1) is 13.8. The van der Waals surface area contributed by atoms with Crippen molar-refractivity contribution >= 4 is 5.69 Å². The summed E-state index contributed by atoms with van der Waals surface area (Å²) in [6, 6.07) is 2.78. The molecule has 0 saturated heterocycles. The Bertz CT molecular complexity index is 547. The van der Waals surface area contributed by atoms with Crippen LogP contribution in [-0.4, -0.2) is 6.04 Å². The molecule has 0 aliphatic heterocycles. The number of nitrogens with one attached hydrogen (secondary N) is 1. The van der Waals surface area contributed by atoms with Gasteiger partial charge in [0.25, 0.3) is 0 Å². The Labute approximate surface area is 119 Å². The van der Waals surface area contributed by atoms with Crippen molar-refractivity contribution in [3.63, 3.8) is 0 Å². The third kappa shape index (κ3) is 1.86. The lowest BCUT2D eigenvalue weighted by Gasteiger charge is -2.43. The van der Waals surface area contributed by atoms with Crippen LogP contribution in [0.1, 0.15) is 45.6 Å². The van der Waals surface area contributed by atoms with Crippen LogP contribution in [0.4, 0.5) is 14.5 Å². The van der Waals surface area contributed by atoms with Crippen LogP contribution in [-0.2, 0) is 0 Å². The Kier molecular flexibility index (Phi) is 2.90. The zero-order valence-electron chi connectivity index (χ0n) is 12.7. The van der Waals surface area contributed by atoms with Crippen LogP contribution in [0.25, 0.3) is 0 Å². The number of benzene rings is 1. The van der Waals surface area contributed by atoms with Gasteiger partial charge in [0.2, 0.25) is 0 Å². The van der Waals surface area contributed by atoms with Gasteiger partial charge in [-0.05, 0) is 54.6 Å². The first-order valence-corrected chi connectivity index (χ1v) is 7.46. The Balaban J connectivity index is 1.93. The zero-order chi connectivity index (χ0) is 14.7. The van der Waals surface area contributed by atoms with E-state index in [2.05, 4.69) is 26.1 Å². The third-order valence-corrected chi connectivity index (χ3v) is 5.82. The Morgan fingerprint density at radius 3 is 2.45 bits per heavy atom. The van der Waals surface area contributed by atoms with E-state index in [-0.39, 0.29) is 28.5 Å². The van der Waals surface area contributed by atoms with Gasteiger partial charge in [0.1, 0.15) is 11.6 Å². The summed E-state index contributed by atoms with van der Waals surface area (Å²) in [6.45, 7) is 8.37. The number of hydrogen-bond acceptors (Lipinski definition) is 1. The van der Waals surface area contributed by atoms with Crippen molar-refractivity contribution in [2.45, 2.75) is 53.0 Å². The molecular weight excluding hydrogens is 256 g/mol. The molecule has 3 atom stereocenters. The SMILES string of the molecule is Cc1cc(F)c(NC2C3(C)CCC(C3)C2(C)C)cc1F. The highest BCUT2D eigenvalue weighted by Gasteiger charge is 2.59. The van der Waals surface area contributed by atoms with Gasteiger partial charge in [-0.1, -0.05) is 20.8 Å². The van der Waals surface area contributed by atoms with Gasteiger partial charge in [0.05, 0.1) is 5.69 Å². The average Bonchev–Trinajstić information content (AvgIpc) is 2.82. The van der Waals surface area contributed by atoms with E-state index in [1.807, 2.05) is 0 Å². The summed E-state index contributed by atoms with van der Waals surface area (Å²) in [5.41, 5.74) is 0.981. The van der Waals surface area contributed by atoms with Gasteiger partial charge in [0.15, 0.2) is 0 Å². The van der Waals surface area contributed by atoms with Crippen LogP contribution in [0, 0.1) is 35.3 Å². The van der Waals surface area contributed by atoms with Crippen LogP contribution in [0.15, 0.2) is 12.1 Å². The number of halogens is 2. The van der Waals surface area contributed by atoms with E-state index in [1.165, 1.54) is 31.4 Å². The molecule has 2 aliphatic rings. The predicted octanol–water partition coefficient (Wildman–Crippen LogP) is 4.90. The van der Waals surface area contributed by atoms with Crippen LogP contribution in [0.2, 0.25) is 0 Å². The van der Waals surface area contributed by atoms with Crippen LogP contribution >= 0.6 is 0 Å².